The number of likely N-dealkylation sites (tertiary alicyclic amines) is 1. The van der Waals surface area contributed by atoms with Gasteiger partial charge in [0.05, 0.1) is 0 Å². The first kappa shape index (κ1) is 31.7. The van der Waals surface area contributed by atoms with Gasteiger partial charge in [0.25, 0.3) is 5.91 Å². The molecule has 5 atom stereocenters. The SMILES string of the molecule is CN(C)C(=O)C1(NC(=O)N[C@H](C(=O)N2C[C@H]3[C@@H]([C@H]2C(=O)NC(C(=O)C(N)=O)C2CC2)C3(C)C)C(C)(C)C)CCCCC1. The van der Waals surface area contributed by atoms with Gasteiger partial charge in [-0.3, -0.25) is 24.0 Å². The molecule has 6 amide bonds. The van der Waals surface area contributed by atoms with Crippen LogP contribution in [0, 0.1) is 28.6 Å². The van der Waals surface area contributed by atoms with E-state index < -0.39 is 58.6 Å². The highest BCUT2D eigenvalue weighted by Crippen LogP contribution is 2.65. The summed E-state index contributed by atoms with van der Waals surface area (Å²) >= 11 is 0. The number of Topliss-reactive ketones (excluding diaryl/α,β-unsaturated/α-hetero) is 1. The minimum absolute atomic E-state index is 0.0843. The predicted molar refractivity (Wildman–Crippen MR) is 155 cm³/mol. The first-order valence-corrected chi connectivity index (χ1v) is 15.2. The second kappa shape index (κ2) is 11.1. The van der Waals surface area contributed by atoms with Crippen molar-refractivity contribution in [3.63, 3.8) is 0 Å². The lowest BCUT2D eigenvalue weighted by Gasteiger charge is -2.40. The Bertz CT molecular complexity index is 1150. The van der Waals surface area contributed by atoms with E-state index in [-0.39, 0.29) is 29.1 Å². The average molecular weight is 589 g/mol. The number of nitrogens with one attached hydrogen (secondary N) is 3. The van der Waals surface area contributed by atoms with Crippen molar-refractivity contribution in [1.29, 1.82) is 0 Å². The normalized spacial score (nSPS) is 27.1. The number of ketones is 1. The fraction of sp³-hybridized carbons (Fsp3) is 0.800. The van der Waals surface area contributed by atoms with E-state index in [1.165, 1.54) is 9.80 Å². The number of rotatable bonds is 9. The van der Waals surface area contributed by atoms with Crippen LogP contribution in [0.1, 0.15) is 79.6 Å². The number of primary amides is 1. The van der Waals surface area contributed by atoms with Crippen LogP contribution in [-0.2, 0) is 24.0 Å². The molecule has 234 valence electrons. The van der Waals surface area contributed by atoms with Crippen molar-refractivity contribution < 1.29 is 28.8 Å². The first-order chi connectivity index (χ1) is 19.4. The minimum Gasteiger partial charge on any atom is -0.363 e. The van der Waals surface area contributed by atoms with Crippen LogP contribution in [0.5, 0.6) is 0 Å². The first-order valence-electron chi connectivity index (χ1n) is 15.2. The molecule has 42 heavy (non-hydrogen) atoms. The third-order valence-corrected chi connectivity index (χ3v) is 9.94. The number of hydrogen-bond acceptors (Lipinski definition) is 6. The second-order valence-corrected chi connectivity index (χ2v) is 14.7. The number of carbonyl (C=O) groups excluding carboxylic acids is 6. The van der Waals surface area contributed by atoms with Crippen LogP contribution in [0.2, 0.25) is 0 Å². The Morgan fingerprint density at radius 2 is 1.55 bits per heavy atom. The molecule has 1 aliphatic heterocycles. The fourth-order valence-corrected chi connectivity index (χ4v) is 7.21. The van der Waals surface area contributed by atoms with E-state index in [9.17, 15) is 28.8 Å². The van der Waals surface area contributed by atoms with E-state index in [1.807, 2.05) is 20.8 Å². The van der Waals surface area contributed by atoms with E-state index in [4.69, 9.17) is 5.73 Å². The van der Waals surface area contributed by atoms with Gasteiger partial charge in [-0.15, -0.1) is 0 Å². The van der Waals surface area contributed by atoms with Crippen LogP contribution in [0.15, 0.2) is 0 Å². The number of carbonyl (C=O) groups is 6. The van der Waals surface area contributed by atoms with Crippen LogP contribution in [0.4, 0.5) is 4.79 Å². The Morgan fingerprint density at radius 3 is 2.05 bits per heavy atom. The number of likely N-dealkylation sites (N-methyl/N-ethyl adjacent to an activating group) is 1. The molecular formula is C30H48N6O6. The summed E-state index contributed by atoms with van der Waals surface area (Å²) < 4.78 is 0. The van der Waals surface area contributed by atoms with Gasteiger partial charge in [-0.05, 0) is 54.3 Å². The molecule has 1 saturated heterocycles. The van der Waals surface area contributed by atoms with Crippen LogP contribution < -0.4 is 21.7 Å². The molecule has 4 aliphatic rings. The fourth-order valence-electron chi connectivity index (χ4n) is 7.21. The summed E-state index contributed by atoms with van der Waals surface area (Å²) in [5, 5.41) is 8.53. The largest absolute Gasteiger partial charge is 0.363 e. The quantitative estimate of drug-likeness (QED) is 0.292. The molecule has 12 heteroatoms. The Hall–Kier alpha value is -3.18. The van der Waals surface area contributed by atoms with Crippen LogP contribution in [0.3, 0.4) is 0 Å². The molecule has 0 aromatic heterocycles. The van der Waals surface area contributed by atoms with Gasteiger partial charge in [-0.25, -0.2) is 4.79 Å². The van der Waals surface area contributed by atoms with Gasteiger partial charge >= 0.3 is 6.03 Å². The van der Waals surface area contributed by atoms with Crippen molar-refractivity contribution in [2.45, 2.75) is 103 Å². The maximum atomic E-state index is 14.2. The lowest BCUT2D eigenvalue weighted by molar-refractivity contribution is -0.145. The van der Waals surface area contributed by atoms with E-state index in [0.29, 0.717) is 32.2 Å². The highest BCUT2D eigenvalue weighted by molar-refractivity contribution is 6.38. The highest BCUT2D eigenvalue weighted by atomic mass is 16.2. The van der Waals surface area contributed by atoms with Crippen molar-refractivity contribution in [3.8, 4) is 0 Å². The summed E-state index contributed by atoms with van der Waals surface area (Å²) in [6.45, 7) is 9.95. The number of hydrogen-bond donors (Lipinski definition) is 4. The third kappa shape index (κ3) is 5.99. The molecule has 0 aromatic carbocycles. The van der Waals surface area contributed by atoms with Gasteiger partial charge in [0, 0.05) is 20.6 Å². The monoisotopic (exact) mass is 588 g/mol. The molecule has 3 aliphatic carbocycles. The van der Waals surface area contributed by atoms with E-state index in [1.54, 1.807) is 14.1 Å². The molecule has 4 fully saturated rings. The average Bonchev–Trinajstić information content (AvgIpc) is 3.77. The zero-order valence-electron chi connectivity index (χ0n) is 26.0. The lowest BCUT2D eigenvalue weighted by Crippen LogP contribution is -2.65. The zero-order chi connectivity index (χ0) is 31.4. The summed E-state index contributed by atoms with van der Waals surface area (Å²) in [5.74, 6) is -3.17. The molecule has 0 aromatic rings. The minimum atomic E-state index is -1.09. The van der Waals surface area contributed by atoms with E-state index in [2.05, 4.69) is 29.8 Å². The molecule has 1 unspecified atom stereocenters. The summed E-state index contributed by atoms with van der Waals surface area (Å²) in [7, 11) is 3.33. The van der Waals surface area contributed by atoms with Crippen LogP contribution in [-0.4, -0.2) is 89.5 Å². The predicted octanol–water partition coefficient (Wildman–Crippen LogP) is 0.924. The summed E-state index contributed by atoms with van der Waals surface area (Å²) in [6.07, 6.45) is 5.05. The molecule has 3 saturated carbocycles. The molecular weight excluding hydrogens is 540 g/mol. The number of nitrogens with two attached hydrogens (primary N) is 1. The van der Waals surface area contributed by atoms with Gasteiger partial charge in [-0.1, -0.05) is 53.9 Å². The molecule has 0 radical (unpaired) electrons. The van der Waals surface area contributed by atoms with Crippen LogP contribution in [0.25, 0.3) is 0 Å². The maximum absolute atomic E-state index is 14.2. The van der Waals surface area contributed by atoms with Crippen LogP contribution >= 0.6 is 0 Å². The number of urea groups is 1. The summed E-state index contributed by atoms with van der Waals surface area (Å²) in [6, 6.07) is -3.45. The summed E-state index contributed by atoms with van der Waals surface area (Å²) in [4.78, 5) is 81.7. The van der Waals surface area contributed by atoms with Crippen molar-refractivity contribution in [2.24, 2.45) is 34.3 Å². The lowest BCUT2D eigenvalue weighted by atomic mass is 9.80. The van der Waals surface area contributed by atoms with Gasteiger partial charge in [0.2, 0.25) is 23.5 Å². The van der Waals surface area contributed by atoms with Gasteiger partial charge < -0.3 is 31.5 Å². The van der Waals surface area contributed by atoms with Crippen molar-refractivity contribution in [2.75, 3.05) is 20.6 Å². The maximum Gasteiger partial charge on any atom is 0.316 e. The molecule has 12 nitrogen and oxygen atoms in total. The number of amides is 6. The highest BCUT2D eigenvalue weighted by Gasteiger charge is 2.70. The Kier molecular flexibility index (Phi) is 8.43. The molecule has 4 rings (SSSR count). The number of piperidine rings is 1. The van der Waals surface area contributed by atoms with E-state index >= 15 is 0 Å². The Labute approximate surface area is 248 Å². The molecule has 0 spiro atoms. The van der Waals surface area contributed by atoms with Crippen molar-refractivity contribution in [3.05, 3.63) is 0 Å². The topological polar surface area (TPSA) is 171 Å². The van der Waals surface area contributed by atoms with Gasteiger partial charge in [0.15, 0.2) is 0 Å². The second-order valence-electron chi connectivity index (χ2n) is 14.7. The van der Waals surface area contributed by atoms with Gasteiger partial charge in [-0.2, -0.15) is 0 Å². The molecule has 5 N–H and O–H groups in total. The van der Waals surface area contributed by atoms with Crippen molar-refractivity contribution >= 4 is 35.4 Å². The third-order valence-electron chi connectivity index (χ3n) is 9.94. The standard InChI is InChI=1S/C30H48N6O6/c1-28(2,3)22(33-27(42)34-30(26(41)35(6)7)13-9-8-10-14-30)25(40)36-15-17-18(29(17,4)5)20(36)24(39)32-19(16-11-12-16)21(37)23(31)38/h16-20,22H,8-15H2,1-7H3,(H2,31,38)(H,32,39)(H2,33,34,42)/t17-,18-,19?,20-,22+/m0/s1. The molecule has 1 heterocycles. The summed E-state index contributed by atoms with van der Waals surface area (Å²) in [5.41, 5.74) is 3.32. The zero-order valence-corrected chi connectivity index (χ0v) is 26.0. The number of nitrogens with zero attached hydrogens (tertiary/aromatic N) is 2. The Balaban J connectivity index is 1.55. The number of fused-ring (bicyclic) bond motifs is 1. The molecule has 0 bridgehead atoms. The van der Waals surface area contributed by atoms with E-state index in [0.717, 1.165) is 19.3 Å². The Morgan fingerprint density at radius 1 is 0.952 bits per heavy atom. The smallest absolute Gasteiger partial charge is 0.316 e. The van der Waals surface area contributed by atoms with Crippen molar-refractivity contribution in [1.82, 2.24) is 25.8 Å². The van der Waals surface area contributed by atoms with Gasteiger partial charge in [0.1, 0.15) is 23.7 Å².